The SMILES string of the molecule is CNc1cc(N2CCc3c(CN4CCC(N5CCC6(CCN(C(=O)OC(C)(C)C)CC6)CC5)C(F)(F)C4)cccc32)nn2c(C(=O)N[C@@H]3C[C@@H]3F)cnc12. The zero-order chi connectivity index (χ0) is 38.0. The number of likely N-dealkylation sites (tertiary alicyclic amines) is 3. The normalized spacial score (nSPS) is 25.5. The molecule has 5 aliphatic rings. The quantitative estimate of drug-likeness (QED) is 0.318. The molecule has 292 valence electrons. The fourth-order valence-electron chi connectivity index (χ4n) is 9.00. The van der Waals surface area contributed by atoms with E-state index in [1.165, 1.54) is 10.7 Å². The van der Waals surface area contributed by atoms with Gasteiger partial charge in [-0.1, -0.05) is 12.1 Å². The number of fused-ring (bicyclic) bond motifs is 2. The summed E-state index contributed by atoms with van der Waals surface area (Å²) < 4.78 is 52.6. The number of imidazole rings is 1. The molecule has 2 N–H and O–H groups in total. The zero-order valence-electron chi connectivity index (χ0n) is 31.7. The van der Waals surface area contributed by atoms with Crippen molar-refractivity contribution in [2.45, 2.75) is 102 Å². The van der Waals surface area contributed by atoms with Gasteiger partial charge in [0.25, 0.3) is 11.8 Å². The van der Waals surface area contributed by atoms with Crippen LogP contribution in [-0.2, 0) is 17.7 Å². The molecule has 4 aliphatic heterocycles. The average Bonchev–Trinajstić information content (AvgIpc) is 3.46. The monoisotopic (exact) mass is 751 g/mol. The second-order valence-corrected chi connectivity index (χ2v) is 17.0. The Morgan fingerprint density at radius 3 is 2.43 bits per heavy atom. The number of hydrogen-bond donors (Lipinski definition) is 2. The minimum absolute atomic E-state index is 0.106. The maximum atomic E-state index is 16.0. The third-order valence-corrected chi connectivity index (χ3v) is 12.2. The molecule has 2 aromatic heterocycles. The molecule has 1 unspecified atom stereocenters. The van der Waals surface area contributed by atoms with Crippen LogP contribution in [-0.4, -0.2) is 124 Å². The van der Waals surface area contributed by atoms with Crippen molar-refractivity contribution in [3.05, 3.63) is 47.3 Å². The molecule has 4 fully saturated rings. The van der Waals surface area contributed by atoms with Crippen molar-refractivity contribution < 1.29 is 27.5 Å². The van der Waals surface area contributed by atoms with Crippen LogP contribution in [0, 0.1) is 5.41 Å². The first-order valence-corrected chi connectivity index (χ1v) is 19.4. The number of aromatic nitrogens is 3. The lowest BCUT2D eigenvalue weighted by Crippen LogP contribution is -2.60. The van der Waals surface area contributed by atoms with Crippen molar-refractivity contribution in [1.29, 1.82) is 0 Å². The molecule has 1 spiro atoms. The van der Waals surface area contributed by atoms with Crippen LogP contribution in [0.1, 0.15) is 80.9 Å². The van der Waals surface area contributed by atoms with E-state index in [0.717, 1.165) is 48.9 Å². The largest absolute Gasteiger partial charge is 0.444 e. The smallest absolute Gasteiger partial charge is 0.410 e. The summed E-state index contributed by atoms with van der Waals surface area (Å²) in [7, 11) is 1.78. The lowest BCUT2D eigenvalue weighted by Gasteiger charge is -2.50. The summed E-state index contributed by atoms with van der Waals surface area (Å²) >= 11 is 0. The highest BCUT2D eigenvalue weighted by Gasteiger charge is 2.50. The molecule has 1 saturated carbocycles. The number of piperidine rings is 3. The molecule has 1 aromatic carbocycles. The van der Waals surface area contributed by atoms with Gasteiger partial charge >= 0.3 is 6.09 Å². The summed E-state index contributed by atoms with van der Waals surface area (Å²) in [5.74, 6) is -2.64. The molecular formula is C39H52F3N9O3. The molecule has 2 amide bonds. The van der Waals surface area contributed by atoms with Gasteiger partial charge in [-0.05, 0) is 95.0 Å². The molecule has 0 radical (unpaired) electrons. The van der Waals surface area contributed by atoms with Gasteiger partial charge in [0.05, 0.1) is 30.5 Å². The number of hydrogen-bond acceptors (Lipinski definition) is 9. The van der Waals surface area contributed by atoms with Gasteiger partial charge in [0.2, 0.25) is 0 Å². The van der Waals surface area contributed by atoms with E-state index in [-0.39, 0.29) is 23.7 Å². The highest BCUT2D eigenvalue weighted by Crippen LogP contribution is 2.44. The fourth-order valence-corrected chi connectivity index (χ4v) is 9.00. The minimum Gasteiger partial charge on any atom is -0.444 e. The highest BCUT2D eigenvalue weighted by atomic mass is 19.3. The van der Waals surface area contributed by atoms with Crippen molar-refractivity contribution in [2.24, 2.45) is 5.41 Å². The predicted octanol–water partition coefficient (Wildman–Crippen LogP) is 5.63. The van der Waals surface area contributed by atoms with Crippen molar-refractivity contribution in [2.75, 3.05) is 63.1 Å². The Morgan fingerprint density at radius 1 is 1.04 bits per heavy atom. The fraction of sp³-hybridized carbons (Fsp3) is 0.641. The van der Waals surface area contributed by atoms with Crippen LogP contribution in [0.25, 0.3) is 5.65 Å². The number of benzene rings is 1. The molecule has 3 saturated heterocycles. The number of amides is 2. The Labute approximate surface area is 314 Å². The number of rotatable bonds is 7. The van der Waals surface area contributed by atoms with Crippen LogP contribution >= 0.6 is 0 Å². The number of carbonyl (C=O) groups excluding carboxylic acids is 2. The number of carbonyl (C=O) groups is 2. The third-order valence-electron chi connectivity index (χ3n) is 12.2. The van der Waals surface area contributed by atoms with E-state index in [4.69, 9.17) is 9.84 Å². The summed E-state index contributed by atoms with van der Waals surface area (Å²) in [6, 6.07) is 6.67. The topological polar surface area (TPSA) is 111 Å². The molecule has 6 heterocycles. The standard InChI is InChI=1S/C39H52F3N9O3/c1-37(2,3)54-36(53)49-18-12-38(13-19-49)10-16-48(17-11-38)32-9-14-47(24-39(32,41)42)23-25-6-5-7-30-26(25)8-15-50(30)33-21-29(43-4)34-44-22-31(51(34)46-33)35(52)45-28-20-27(28)40/h5-7,21-22,27-28,32,43H,8-20,23-24H2,1-4H3,(H,45,52)/t27-,28+,32?/m0/s1. The minimum atomic E-state index is -2.84. The van der Waals surface area contributed by atoms with Crippen LogP contribution in [0.3, 0.4) is 0 Å². The Kier molecular flexibility index (Phi) is 9.47. The van der Waals surface area contributed by atoms with Crippen molar-refractivity contribution in [3.8, 4) is 0 Å². The van der Waals surface area contributed by atoms with E-state index >= 15 is 8.78 Å². The number of alkyl halides is 3. The Bertz CT molecular complexity index is 1900. The first-order chi connectivity index (χ1) is 25.7. The van der Waals surface area contributed by atoms with E-state index in [9.17, 15) is 14.0 Å². The van der Waals surface area contributed by atoms with Crippen LogP contribution in [0.4, 0.5) is 35.2 Å². The lowest BCUT2D eigenvalue weighted by atomic mass is 9.71. The van der Waals surface area contributed by atoms with E-state index in [2.05, 4.69) is 20.5 Å². The molecular weight excluding hydrogens is 699 g/mol. The lowest BCUT2D eigenvalue weighted by molar-refractivity contribution is -0.139. The second kappa shape index (κ2) is 13.9. The maximum Gasteiger partial charge on any atom is 0.410 e. The summed E-state index contributed by atoms with van der Waals surface area (Å²) in [5, 5.41) is 10.7. The molecule has 3 aromatic rings. The molecule has 8 rings (SSSR count). The van der Waals surface area contributed by atoms with Crippen molar-refractivity contribution in [1.82, 2.24) is 34.6 Å². The molecule has 12 nitrogen and oxygen atoms in total. The van der Waals surface area contributed by atoms with Crippen LogP contribution in [0.5, 0.6) is 0 Å². The van der Waals surface area contributed by atoms with Gasteiger partial charge in [-0.3, -0.25) is 14.6 Å². The Morgan fingerprint density at radius 2 is 1.76 bits per heavy atom. The number of ether oxygens (including phenoxy) is 1. The van der Waals surface area contributed by atoms with Gasteiger partial charge < -0.3 is 25.2 Å². The van der Waals surface area contributed by atoms with E-state index in [1.54, 1.807) is 11.9 Å². The molecule has 15 heteroatoms. The van der Waals surface area contributed by atoms with E-state index < -0.39 is 35.7 Å². The van der Waals surface area contributed by atoms with E-state index in [0.29, 0.717) is 75.8 Å². The second-order valence-electron chi connectivity index (χ2n) is 17.0. The van der Waals surface area contributed by atoms with Crippen LogP contribution in [0.2, 0.25) is 0 Å². The van der Waals surface area contributed by atoms with Gasteiger partial charge in [-0.2, -0.15) is 0 Å². The average molecular weight is 752 g/mol. The van der Waals surface area contributed by atoms with Gasteiger partial charge in [-0.25, -0.2) is 27.5 Å². The Hall–Kier alpha value is -4.11. The molecule has 54 heavy (non-hydrogen) atoms. The van der Waals surface area contributed by atoms with Crippen LogP contribution < -0.4 is 15.5 Å². The summed E-state index contributed by atoms with van der Waals surface area (Å²) in [6.07, 6.45) is 5.15. The van der Waals surface area contributed by atoms with Crippen molar-refractivity contribution in [3.63, 3.8) is 0 Å². The zero-order valence-corrected chi connectivity index (χ0v) is 31.7. The Balaban J connectivity index is 0.902. The van der Waals surface area contributed by atoms with Crippen molar-refractivity contribution >= 4 is 34.8 Å². The number of nitrogens with one attached hydrogen (secondary N) is 2. The van der Waals surface area contributed by atoms with Crippen LogP contribution in [0.15, 0.2) is 30.5 Å². The molecule has 3 atom stereocenters. The summed E-state index contributed by atoms with van der Waals surface area (Å²) in [6.45, 7) is 9.64. The van der Waals surface area contributed by atoms with Gasteiger partial charge in [0, 0.05) is 57.9 Å². The first kappa shape index (κ1) is 36.8. The number of halogens is 3. The number of anilines is 3. The van der Waals surface area contributed by atoms with E-state index in [1.807, 2.05) is 54.8 Å². The number of nitrogens with zero attached hydrogens (tertiary/aromatic N) is 7. The molecule has 1 aliphatic carbocycles. The third kappa shape index (κ3) is 7.20. The maximum absolute atomic E-state index is 16.0. The summed E-state index contributed by atoms with van der Waals surface area (Å²) in [5.41, 5.74) is 4.09. The predicted molar refractivity (Wildman–Crippen MR) is 199 cm³/mol. The molecule has 0 bridgehead atoms. The highest BCUT2D eigenvalue weighted by molar-refractivity contribution is 5.94. The van der Waals surface area contributed by atoms with Gasteiger partial charge in [0.1, 0.15) is 11.8 Å². The summed E-state index contributed by atoms with van der Waals surface area (Å²) in [4.78, 5) is 37.8. The van der Waals surface area contributed by atoms with Gasteiger partial charge in [0.15, 0.2) is 17.2 Å². The first-order valence-electron chi connectivity index (χ1n) is 19.4. The van der Waals surface area contributed by atoms with Gasteiger partial charge in [-0.15, -0.1) is 5.10 Å².